The SMILES string of the molecule is COc1ccc2c(c1)ncc1c[nH]c(Cc3ccc(S(N)(=O)=O)cc3)[n+]12. The topological polar surface area (TPSA) is 102 Å². The first-order valence-electron chi connectivity index (χ1n) is 7.92. The van der Waals surface area contributed by atoms with Gasteiger partial charge >= 0.3 is 0 Å². The number of fused-ring (bicyclic) bond motifs is 3. The summed E-state index contributed by atoms with van der Waals surface area (Å²) in [5.41, 5.74) is 3.69. The van der Waals surface area contributed by atoms with E-state index < -0.39 is 10.0 Å². The van der Waals surface area contributed by atoms with Crippen molar-refractivity contribution in [2.75, 3.05) is 7.11 Å². The minimum absolute atomic E-state index is 0.104. The van der Waals surface area contributed by atoms with Gasteiger partial charge < -0.3 is 4.74 Å². The largest absolute Gasteiger partial charge is 0.497 e. The van der Waals surface area contributed by atoms with Crippen LogP contribution in [0.25, 0.3) is 16.6 Å². The molecule has 0 aliphatic heterocycles. The average molecular weight is 369 g/mol. The van der Waals surface area contributed by atoms with E-state index >= 15 is 0 Å². The molecule has 2 aromatic heterocycles. The zero-order valence-corrected chi connectivity index (χ0v) is 14.8. The van der Waals surface area contributed by atoms with Gasteiger partial charge in [-0.3, -0.25) is 0 Å². The molecule has 0 atom stereocenters. The Bertz CT molecular complexity index is 1210. The number of nitrogens with zero attached hydrogens (tertiary/aromatic N) is 2. The van der Waals surface area contributed by atoms with Crippen LogP contribution < -0.4 is 14.3 Å². The third-order valence-electron chi connectivity index (χ3n) is 4.30. The maximum atomic E-state index is 11.4. The Hall–Kier alpha value is -2.97. The first kappa shape index (κ1) is 16.5. The van der Waals surface area contributed by atoms with Crippen molar-refractivity contribution < 1.29 is 17.6 Å². The third kappa shape index (κ3) is 2.89. The number of hydrogen-bond donors (Lipinski definition) is 2. The molecule has 132 valence electrons. The molecule has 0 aliphatic carbocycles. The molecule has 0 saturated heterocycles. The van der Waals surface area contributed by atoms with Gasteiger partial charge in [0.2, 0.25) is 10.0 Å². The van der Waals surface area contributed by atoms with Crippen molar-refractivity contribution in [1.82, 2.24) is 9.97 Å². The predicted octanol–water partition coefficient (Wildman–Crippen LogP) is 1.55. The number of rotatable bonds is 4. The van der Waals surface area contributed by atoms with Gasteiger partial charge in [0.1, 0.15) is 17.5 Å². The van der Waals surface area contributed by atoms with Crippen LogP contribution in [0.3, 0.4) is 0 Å². The van der Waals surface area contributed by atoms with E-state index in [1.807, 2.05) is 24.4 Å². The fourth-order valence-electron chi connectivity index (χ4n) is 3.00. The van der Waals surface area contributed by atoms with E-state index in [4.69, 9.17) is 9.88 Å². The molecule has 4 aromatic rings. The van der Waals surface area contributed by atoms with Crippen molar-refractivity contribution >= 4 is 26.6 Å². The van der Waals surface area contributed by atoms with Crippen molar-refractivity contribution in [1.29, 1.82) is 0 Å². The Labute approximate surface area is 150 Å². The van der Waals surface area contributed by atoms with Crippen LogP contribution in [0.4, 0.5) is 0 Å². The highest BCUT2D eigenvalue weighted by atomic mass is 32.2. The van der Waals surface area contributed by atoms with Gasteiger partial charge in [0, 0.05) is 6.07 Å². The summed E-state index contributed by atoms with van der Waals surface area (Å²) in [6.07, 6.45) is 4.29. The van der Waals surface area contributed by atoms with E-state index in [2.05, 4.69) is 14.4 Å². The second-order valence-electron chi connectivity index (χ2n) is 5.97. The Morgan fingerprint density at radius 2 is 1.96 bits per heavy atom. The molecule has 3 N–H and O–H groups in total. The zero-order valence-electron chi connectivity index (χ0n) is 14.0. The van der Waals surface area contributed by atoms with E-state index in [-0.39, 0.29) is 4.90 Å². The van der Waals surface area contributed by atoms with Crippen LogP contribution in [0.2, 0.25) is 0 Å². The van der Waals surface area contributed by atoms with Gasteiger partial charge in [0.05, 0.1) is 24.6 Å². The van der Waals surface area contributed by atoms with Crippen LogP contribution in [0, 0.1) is 0 Å². The lowest BCUT2D eigenvalue weighted by Crippen LogP contribution is -2.26. The van der Waals surface area contributed by atoms with E-state index in [0.717, 1.165) is 33.7 Å². The summed E-state index contributed by atoms with van der Waals surface area (Å²) in [4.78, 5) is 7.86. The van der Waals surface area contributed by atoms with Crippen LogP contribution in [-0.2, 0) is 16.4 Å². The molecule has 2 heterocycles. The lowest BCUT2D eigenvalue weighted by atomic mass is 10.1. The summed E-state index contributed by atoms with van der Waals surface area (Å²) >= 11 is 0. The van der Waals surface area contributed by atoms with E-state index in [1.165, 1.54) is 12.1 Å². The molecule has 4 rings (SSSR count). The molecule has 26 heavy (non-hydrogen) atoms. The van der Waals surface area contributed by atoms with E-state index in [0.29, 0.717) is 6.42 Å². The predicted molar refractivity (Wildman–Crippen MR) is 96.4 cm³/mol. The maximum Gasteiger partial charge on any atom is 0.264 e. The molecule has 7 nitrogen and oxygen atoms in total. The molecule has 0 amide bonds. The molecular formula is C18H17N4O3S+. The number of methoxy groups -OCH3 is 1. The number of hydrogen-bond acceptors (Lipinski definition) is 4. The highest BCUT2D eigenvalue weighted by Gasteiger charge is 2.17. The Balaban J connectivity index is 1.78. The zero-order chi connectivity index (χ0) is 18.3. The summed E-state index contributed by atoms with van der Waals surface area (Å²) in [6, 6.07) is 12.3. The normalized spacial score (nSPS) is 11.9. The minimum atomic E-state index is -3.68. The van der Waals surface area contributed by atoms with Gasteiger partial charge in [-0.1, -0.05) is 12.1 Å². The van der Waals surface area contributed by atoms with Crippen molar-refractivity contribution in [3.63, 3.8) is 0 Å². The summed E-state index contributed by atoms with van der Waals surface area (Å²) in [5, 5.41) is 5.15. The van der Waals surface area contributed by atoms with Crippen LogP contribution in [0.1, 0.15) is 11.4 Å². The molecule has 2 aromatic carbocycles. The molecule has 0 bridgehead atoms. The van der Waals surface area contributed by atoms with Crippen molar-refractivity contribution in [3.05, 3.63) is 66.2 Å². The number of aromatic amines is 1. The van der Waals surface area contributed by atoms with Crippen molar-refractivity contribution in [3.8, 4) is 5.75 Å². The molecular weight excluding hydrogens is 352 g/mol. The summed E-state index contributed by atoms with van der Waals surface area (Å²) in [7, 11) is -2.06. The number of nitrogens with two attached hydrogens (primary N) is 1. The first-order valence-corrected chi connectivity index (χ1v) is 9.47. The standard InChI is InChI=1S/C18H16N4O3S/c1-25-14-4-7-17-16(9-14)20-10-13-11-21-18(22(13)17)8-12-2-5-15(6-3-12)26(19,23)24/h2-7,9-11H,8H2,1H3,(H2,19,23,24)/p+1. The van der Waals surface area contributed by atoms with Crippen LogP contribution in [0.15, 0.2) is 59.8 Å². The highest BCUT2D eigenvalue weighted by Crippen LogP contribution is 2.18. The van der Waals surface area contributed by atoms with Gasteiger partial charge in [-0.05, 0) is 29.8 Å². The maximum absolute atomic E-state index is 11.4. The summed E-state index contributed by atoms with van der Waals surface area (Å²) < 4.78 is 30.1. The molecule has 0 spiro atoms. The number of H-pyrrole nitrogens is 1. The highest BCUT2D eigenvalue weighted by molar-refractivity contribution is 7.89. The molecule has 0 radical (unpaired) electrons. The Kier molecular flexibility index (Phi) is 3.86. The second-order valence-corrected chi connectivity index (χ2v) is 7.54. The third-order valence-corrected chi connectivity index (χ3v) is 5.23. The Morgan fingerprint density at radius 1 is 1.19 bits per heavy atom. The second kappa shape index (κ2) is 6.08. The Morgan fingerprint density at radius 3 is 2.65 bits per heavy atom. The smallest absolute Gasteiger partial charge is 0.264 e. The fraction of sp³-hybridized carbons (Fsp3) is 0.111. The van der Waals surface area contributed by atoms with Crippen LogP contribution in [-0.4, -0.2) is 25.5 Å². The van der Waals surface area contributed by atoms with Gasteiger partial charge in [0.15, 0.2) is 11.0 Å². The fourth-order valence-corrected chi connectivity index (χ4v) is 3.52. The number of sulfonamides is 1. The van der Waals surface area contributed by atoms with E-state index in [1.54, 1.807) is 25.4 Å². The molecule has 0 fully saturated rings. The first-order chi connectivity index (χ1) is 12.5. The van der Waals surface area contributed by atoms with E-state index in [9.17, 15) is 8.42 Å². The van der Waals surface area contributed by atoms with Crippen molar-refractivity contribution in [2.45, 2.75) is 11.3 Å². The molecule has 0 aliphatic rings. The summed E-state index contributed by atoms with van der Waals surface area (Å²) in [6.45, 7) is 0. The number of aromatic nitrogens is 3. The number of benzene rings is 2. The van der Waals surface area contributed by atoms with Gasteiger partial charge in [-0.2, -0.15) is 4.40 Å². The van der Waals surface area contributed by atoms with Gasteiger partial charge in [-0.25, -0.2) is 23.5 Å². The monoisotopic (exact) mass is 369 g/mol. The quantitative estimate of drug-likeness (QED) is 0.533. The van der Waals surface area contributed by atoms with Crippen LogP contribution >= 0.6 is 0 Å². The van der Waals surface area contributed by atoms with Gasteiger partial charge in [0.25, 0.3) is 5.82 Å². The average Bonchev–Trinajstić information content (AvgIpc) is 3.04. The molecule has 8 heteroatoms. The number of nitrogens with one attached hydrogen (secondary N) is 1. The lowest BCUT2D eigenvalue weighted by molar-refractivity contribution is -0.491. The summed E-state index contributed by atoms with van der Waals surface area (Å²) in [5.74, 6) is 1.71. The molecule has 0 saturated carbocycles. The number of imidazole rings is 1. The lowest BCUT2D eigenvalue weighted by Gasteiger charge is -2.03. The van der Waals surface area contributed by atoms with Crippen LogP contribution in [0.5, 0.6) is 5.75 Å². The minimum Gasteiger partial charge on any atom is -0.497 e. The number of primary sulfonamides is 1. The van der Waals surface area contributed by atoms with Crippen molar-refractivity contribution in [2.24, 2.45) is 5.14 Å². The van der Waals surface area contributed by atoms with Gasteiger partial charge in [-0.15, -0.1) is 0 Å². The molecule has 0 unspecified atom stereocenters. The number of ether oxygens (including phenoxy) is 1.